The number of carbonyl (C=O) groups is 2. The number of esters is 1. The molecule has 1 aromatic heterocycles. The number of amides is 1. The van der Waals surface area contributed by atoms with Crippen molar-refractivity contribution in [1.29, 1.82) is 0 Å². The summed E-state index contributed by atoms with van der Waals surface area (Å²) < 4.78 is 6.95. The van der Waals surface area contributed by atoms with Gasteiger partial charge in [0.15, 0.2) is 11.0 Å². The molecule has 0 bridgehead atoms. The third kappa shape index (κ3) is 6.18. The lowest BCUT2D eigenvalue weighted by molar-refractivity contribution is -0.131. The molecule has 10 heteroatoms. The number of nitrogens with one attached hydrogen (secondary N) is 1. The second kappa shape index (κ2) is 10.9. The Balaban J connectivity index is 1.59. The van der Waals surface area contributed by atoms with Crippen molar-refractivity contribution in [2.45, 2.75) is 32.5 Å². The van der Waals surface area contributed by atoms with Gasteiger partial charge in [0, 0.05) is 24.1 Å². The van der Waals surface area contributed by atoms with E-state index in [4.69, 9.17) is 16.3 Å². The summed E-state index contributed by atoms with van der Waals surface area (Å²) in [6, 6.07) is 14.2. The Bertz CT molecular complexity index is 1130. The highest BCUT2D eigenvalue weighted by molar-refractivity contribution is 7.99. The van der Waals surface area contributed by atoms with E-state index in [1.54, 1.807) is 43.3 Å². The quantitative estimate of drug-likeness (QED) is 0.174. The fourth-order valence-electron chi connectivity index (χ4n) is 2.80. The molecule has 0 aliphatic rings. The summed E-state index contributed by atoms with van der Waals surface area (Å²) in [5.41, 5.74) is 4.88. The van der Waals surface area contributed by atoms with Crippen molar-refractivity contribution in [2.24, 2.45) is 5.10 Å². The molecule has 0 fully saturated rings. The van der Waals surface area contributed by atoms with Gasteiger partial charge < -0.3 is 9.30 Å². The number of ether oxygens (including phenoxy) is 1. The van der Waals surface area contributed by atoms with Crippen LogP contribution in [0.3, 0.4) is 0 Å². The van der Waals surface area contributed by atoms with Gasteiger partial charge in [-0.1, -0.05) is 23.4 Å². The number of nitrogens with zero attached hydrogens (tertiary/aromatic N) is 4. The highest BCUT2D eigenvalue weighted by Crippen LogP contribution is 2.25. The first-order valence-electron chi connectivity index (χ1n) is 9.81. The van der Waals surface area contributed by atoms with Crippen molar-refractivity contribution < 1.29 is 14.3 Å². The van der Waals surface area contributed by atoms with E-state index in [0.29, 0.717) is 28.2 Å². The van der Waals surface area contributed by atoms with E-state index in [-0.39, 0.29) is 17.6 Å². The average Bonchev–Trinajstić information content (AvgIpc) is 3.19. The molecule has 0 atom stereocenters. The Morgan fingerprint density at radius 2 is 1.78 bits per heavy atom. The molecule has 32 heavy (non-hydrogen) atoms. The predicted molar refractivity (Wildman–Crippen MR) is 125 cm³/mol. The number of rotatable bonds is 8. The summed E-state index contributed by atoms with van der Waals surface area (Å²) in [6.45, 7) is 5.78. The van der Waals surface area contributed by atoms with Crippen LogP contribution in [0.4, 0.5) is 0 Å². The first-order valence-corrected chi connectivity index (χ1v) is 11.2. The Hall–Kier alpha value is -3.17. The minimum absolute atomic E-state index is 0.140. The van der Waals surface area contributed by atoms with Gasteiger partial charge in [0.25, 0.3) is 5.91 Å². The number of carbonyl (C=O) groups excluding carboxylic acids is 2. The summed E-state index contributed by atoms with van der Waals surface area (Å²) in [5.74, 6) is 0.670. The van der Waals surface area contributed by atoms with Crippen LogP contribution >= 0.6 is 23.4 Å². The van der Waals surface area contributed by atoms with Crippen molar-refractivity contribution in [3.05, 3.63) is 59.1 Å². The van der Waals surface area contributed by atoms with Gasteiger partial charge in [0.1, 0.15) is 5.75 Å². The Labute approximate surface area is 195 Å². The zero-order valence-electron chi connectivity index (χ0n) is 17.8. The third-order valence-electron chi connectivity index (χ3n) is 4.35. The number of hydrazone groups is 1. The maximum Gasteiger partial charge on any atom is 0.308 e. The second-order valence-electron chi connectivity index (χ2n) is 6.70. The Kier molecular flexibility index (Phi) is 8.02. The number of thioether (sulfide) groups is 1. The molecule has 0 spiro atoms. The van der Waals surface area contributed by atoms with Crippen LogP contribution < -0.4 is 10.2 Å². The highest BCUT2D eigenvalue weighted by atomic mass is 35.5. The monoisotopic (exact) mass is 471 g/mol. The standard InChI is InChI=1S/C22H22ClN5O3S/c1-4-28-21(17-5-9-18(23)10-6-17)26-27-22(28)32-13-20(30)25-24-14(2)16-7-11-19(12-8-16)31-15(3)29/h5-12H,4,13H2,1-3H3,(H,25,30)/b24-14-. The van der Waals surface area contributed by atoms with Gasteiger partial charge in [-0.25, -0.2) is 5.43 Å². The van der Waals surface area contributed by atoms with E-state index in [9.17, 15) is 9.59 Å². The first kappa shape index (κ1) is 23.5. The SMILES string of the molecule is CCn1c(SCC(=O)N/N=C(/C)c2ccc(OC(C)=O)cc2)nnc1-c1ccc(Cl)cc1. The Morgan fingerprint density at radius 1 is 1.09 bits per heavy atom. The molecular weight excluding hydrogens is 450 g/mol. The minimum Gasteiger partial charge on any atom is -0.427 e. The summed E-state index contributed by atoms with van der Waals surface area (Å²) in [4.78, 5) is 23.3. The van der Waals surface area contributed by atoms with Gasteiger partial charge in [-0.3, -0.25) is 9.59 Å². The molecule has 0 radical (unpaired) electrons. The molecule has 3 aromatic rings. The van der Waals surface area contributed by atoms with Crippen LogP contribution in [0.25, 0.3) is 11.4 Å². The molecule has 0 saturated heterocycles. The molecule has 2 aromatic carbocycles. The van der Waals surface area contributed by atoms with Gasteiger partial charge in [0.05, 0.1) is 11.5 Å². The highest BCUT2D eigenvalue weighted by Gasteiger charge is 2.14. The van der Waals surface area contributed by atoms with Crippen molar-refractivity contribution in [2.75, 3.05) is 5.75 Å². The molecule has 166 valence electrons. The smallest absolute Gasteiger partial charge is 0.308 e. The lowest BCUT2D eigenvalue weighted by Crippen LogP contribution is -2.21. The molecule has 3 rings (SSSR count). The van der Waals surface area contributed by atoms with Gasteiger partial charge in [0.2, 0.25) is 0 Å². The van der Waals surface area contributed by atoms with E-state index >= 15 is 0 Å². The second-order valence-corrected chi connectivity index (χ2v) is 8.08. The van der Waals surface area contributed by atoms with E-state index in [0.717, 1.165) is 17.0 Å². The number of hydrogen-bond acceptors (Lipinski definition) is 7. The number of halogens is 1. The molecule has 1 amide bonds. The molecule has 1 N–H and O–H groups in total. The number of hydrogen-bond donors (Lipinski definition) is 1. The first-order chi connectivity index (χ1) is 15.4. The molecule has 1 heterocycles. The molecule has 8 nitrogen and oxygen atoms in total. The topological polar surface area (TPSA) is 98.5 Å². The van der Waals surface area contributed by atoms with Crippen molar-refractivity contribution in [3.63, 3.8) is 0 Å². The molecule has 0 aliphatic heterocycles. The van der Waals surface area contributed by atoms with Gasteiger partial charge >= 0.3 is 5.97 Å². The van der Waals surface area contributed by atoms with E-state index < -0.39 is 0 Å². The fraction of sp³-hybridized carbons (Fsp3) is 0.227. The zero-order chi connectivity index (χ0) is 23.1. The molecule has 0 unspecified atom stereocenters. The summed E-state index contributed by atoms with van der Waals surface area (Å²) in [7, 11) is 0. The van der Waals surface area contributed by atoms with Gasteiger partial charge in [-0.05, 0) is 67.9 Å². The van der Waals surface area contributed by atoms with E-state index in [1.807, 2.05) is 23.6 Å². The summed E-state index contributed by atoms with van der Waals surface area (Å²) in [5, 5.41) is 13.9. The van der Waals surface area contributed by atoms with Crippen LogP contribution in [0.5, 0.6) is 5.75 Å². The largest absolute Gasteiger partial charge is 0.427 e. The normalized spacial score (nSPS) is 11.3. The molecular formula is C22H22ClN5O3S. The Morgan fingerprint density at radius 3 is 2.41 bits per heavy atom. The van der Waals surface area contributed by atoms with Crippen LogP contribution in [0, 0.1) is 0 Å². The summed E-state index contributed by atoms with van der Waals surface area (Å²) >= 11 is 7.25. The van der Waals surface area contributed by atoms with E-state index in [1.165, 1.54) is 18.7 Å². The fourth-order valence-corrected chi connectivity index (χ4v) is 3.72. The number of aromatic nitrogens is 3. The lowest BCUT2D eigenvalue weighted by atomic mass is 10.1. The van der Waals surface area contributed by atoms with Crippen LogP contribution in [0.1, 0.15) is 26.3 Å². The van der Waals surface area contributed by atoms with Gasteiger partial charge in [-0.15, -0.1) is 10.2 Å². The van der Waals surface area contributed by atoms with Crippen molar-refractivity contribution >= 4 is 41.0 Å². The van der Waals surface area contributed by atoms with Crippen molar-refractivity contribution in [3.8, 4) is 17.1 Å². The van der Waals surface area contributed by atoms with Gasteiger partial charge in [-0.2, -0.15) is 5.10 Å². The summed E-state index contributed by atoms with van der Waals surface area (Å²) in [6.07, 6.45) is 0. The van der Waals surface area contributed by atoms with Crippen LogP contribution in [-0.4, -0.2) is 38.1 Å². The average molecular weight is 472 g/mol. The van der Waals surface area contributed by atoms with Crippen LogP contribution in [0.15, 0.2) is 58.8 Å². The predicted octanol–water partition coefficient (Wildman–Crippen LogP) is 4.18. The minimum atomic E-state index is -0.382. The van der Waals surface area contributed by atoms with E-state index in [2.05, 4.69) is 20.7 Å². The molecule has 0 aliphatic carbocycles. The van der Waals surface area contributed by atoms with Crippen LogP contribution in [-0.2, 0) is 16.1 Å². The van der Waals surface area contributed by atoms with Crippen molar-refractivity contribution in [1.82, 2.24) is 20.2 Å². The maximum atomic E-state index is 12.3. The lowest BCUT2D eigenvalue weighted by Gasteiger charge is -2.07. The number of benzene rings is 2. The maximum absolute atomic E-state index is 12.3. The molecule has 0 saturated carbocycles. The zero-order valence-corrected chi connectivity index (χ0v) is 19.4. The third-order valence-corrected chi connectivity index (χ3v) is 5.57. The van der Waals surface area contributed by atoms with Crippen LogP contribution in [0.2, 0.25) is 5.02 Å².